The highest BCUT2D eigenvalue weighted by atomic mass is 31.2. The number of carbonyl (C=O) groups is 2. The Kier molecular flexibility index (Phi) is 10.4. The van der Waals surface area contributed by atoms with Gasteiger partial charge in [0.25, 0.3) is 5.54 Å². The average Bonchev–Trinajstić information content (AvgIpc) is 2.72. The second-order valence-corrected chi connectivity index (χ2v) is 7.35. The summed E-state index contributed by atoms with van der Waals surface area (Å²) in [6.07, 6.45) is 0. The fourth-order valence-electron chi connectivity index (χ4n) is 2.28. The number of hydrogen-bond acceptors (Lipinski definition) is 9. The molecule has 0 heterocycles. The van der Waals surface area contributed by atoms with E-state index in [0.717, 1.165) is 0 Å². The van der Waals surface area contributed by atoms with Crippen molar-refractivity contribution in [2.75, 3.05) is 38.9 Å². The second kappa shape index (κ2) is 12.2. The third-order valence-corrected chi connectivity index (χ3v) is 5.15. The van der Waals surface area contributed by atoms with Crippen molar-refractivity contribution < 1.29 is 37.4 Å². The molecule has 1 N–H and O–H groups in total. The first-order valence-electron chi connectivity index (χ1n) is 9.50. The van der Waals surface area contributed by atoms with Gasteiger partial charge in [-0.2, -0.15) is 0 Å². The summed E-state index contributed by atoms with van der Waals surface area (Å²) >= 11 is 0. The molecule has 1 rings (SSSR count). The molecule has 0 bridgehead atoms. The summed E-state index contributed by atoms with van der Waals surface area (Å²) < 4.78 is 38.3. The van der Waals surface area contributed by atoms with E-state index in [-0.39, 0.29) is 26.4 Å². The van der Waals surface area contributed by atoms with Crippen molar-refractivity contribution in [2.45, 2.75) is 33.2 Å². The molecule has 0 aliphatic rings. The number of esters is 2. The van der Waals surface area contributed by atoms with E-state index in [1.165, 1.54) is 7.11 Å². The van der Waals surface area contributed by atoms with Crippen LogP contribution in [-0.4, -0.2) is 51.0 Å². The first-order valence-corrected chi connectivity index (χ1v) is 11.0. The summed E-state index contributed by atoms with van der Waals surface area (Å²) in [7, 11) is -2.38. The highest BCUT2D eigenvalue weighted by Gasteiger charge is 2.49. The highest BCUT2D eigenvalue weighted by Crippen LogP contribution is 2.47. The number of hydrogen-bond donors (Lipinski definition) is 1. The molecule has 9 nitrogen and oxygen atoms in total. The average molecular weight is 441 g/mol. The maximum atomic E-state index is 12.9. The molecule has 0 saturated heterocycles. The van der Waals surface area contributed by atoms with Gasteiger partial charge in [0.1, 0.15) is 5.75 Å². The number of methoxy groups -OCH3 is 1. The van der Waals surface area contributed by atoms with Crippen molar-refractivity contribution in [3.05, 3.63) is 24.3 Å². The Morgan fingerprint density at radius 1 is 0.933 bits per heavy atom. The smallest absolute Gasteiger partial charge is 0.405 e. The van der Waals surface area contributed by atoms with Crippen LogP contribution in [0.2, 0.25) is 0 Å². The van der Waals surface area contributed by atoms with Gasteiger partial charge in [-0.05, 0) is 57.9 Å². The minimum atomic E-state index is -3.89. The largest absolute Gasteiger partial charge is 0.497 e. The van der Waals surface area contributed by atoms with Crippen LogP contribution in [0.15, 0.2) is 24.3 Å². The standard InChI is InChI=1S/C20H28NO8P/c1-6-26-18(22)20(19(23)27-7-2,14-15-30(24,28-8-3)29-9-4)21-16-10-12-17(25-5)13-11-16/h10-13,21H,6-9H2,1-5H3. The number of nitrogens with one attached hydrogen (secondary N) is 1. The summed E-state index contributed by atoms with van der Waals surface area (Å²) in [5.74, 6) is 0.990. The number of ether oxygens (including phenoxy) is 3. The normalized spacial score (nSPS) is 11.1. The highest BCUT2D eigenvalue weighted by molar-refractivity contribution is 7.59. The lowest BCUT2D eigenvalue weighted by molar-refractivity contribution is -0.159. The summed E-state index contributed by atoms with van der Waals surface area (Å²) in [4.78, 5) is 25.7. The van der Waals surface area contributed by atoms with Crippen molar-refractivity contribution in [2.24, 2.45) is 0 Å². The third kappa shape index (κ3) is 6.77. The van der Waals surface area contributed by atoms with E-state index in [0.29, 0.717) is 11.4 Å². The molecule has 0 aliphatic carbocycles. The molecule has 0 unspecified atom stereocenters. The van der Waals surface area contributed by atoms with Crippen LogP contribution in [0, 0.1) is 11.6 Å². The lowest BCUT2D eigenvalue weighted by atomic mass is 10.0. The molecule has 10 heteroatoms. The van der Waals surface area contributed by atoms with Gasteiger partial charge in [0, 0.05) is 11.3 Å². The Hall–Kier alpha value is -2.53. The van der Waals surface area contributed by atoms with Crippen molar-refractivity contribution >= 4 is 25.2 Å². The van der Waals surface area contributed by atoms with Crippen LogP contribution < -0.4 is 10.1 Å². The van der Waals surface area contributed by atoms with Crippen LogP contribution in [0.5, 0.6) is 5.75 Å². The van der Waals surface area contributed by atoms with Gasteiger partial charge >= 0.3 is 19.5 Å². The second-order valence-electron chi connectivity index (χ2n) is 5.61. The molecule has 0 aromatic heterocycles. The van der Waals surface area contributed by atoms with Gasteiger partial charge in [0.15, 0.2) is 0 Å². The van der Waals surface area contributed by atoms with E-state index < -0.39 is 25.1 Å². The Labute approximate surface area is 176 Å². The lowest BCUT2D eigenvalue weighted by Gasteiger charge is -2.26. The molecule has 0 amide bonds. The Morgan fingerprint density at radius 3 is 1.83 bits per heavy atom. The van der Waals surface area contributed by atoms with Crippen LogP contribution in [0.4, 0.5) is 5.69 Å². The third-order valence-electron chi connectivity index (χ3n) is 3.56. The van der Waals surface area contributed by atoms with Crippen molar-refractivity contribution in [3.63, 3.8) is 0 Å². The summed E-state index contributed by atoms with van der Waals surface area (Å²) in [6, 6.07) is 6.42. The molecule has 0 aliphatic heterocycles. The van der Waals surface area contributed by atoms with E-state index in [1.54, 1.807) is 52.0 Å². The topological polar surface area (TPSA) is 109 Å². The molecule has 0 spiro atoms. The van der Waals surface area contributed by atoms with Gasteiger partial charge < -0.3 is 19.5 Å². The molecule has 0 fully saturated rings. The maximum Gasteiger partial charge on any atom is 0.405 e. The molecule has 1 aromatic carbocycles. The fraction of sp³-hybridized carbons (Fsp3) is 0.500. The number of carbonyl (C=O) groups excluding carboxylic acids is 2. The van der Waals surface area contributed by atoms with Crippen molar-refractivity contribution in [1.29, 1.82) is 0 Å². The fourth-order valence-corrected chi connectivity index (χ4v) is 3.47. The number of rotatable bonds is 11. The zero-order valence-corrected chi connectivity index (χ0v) is 18.7. The minimum absolute atomic E-state index is 0.0134. The molecule has 30 heavy (non-hydrogen) atoms. The number of benzene rings is 1. The SMILES string of the molecule is CCOC(=O)C(C#CP(=O)(OCC)OCC)(Nc1ccc(OC)cc1)C(=O)OCC. The lowest BCUT2D eigenvalue weighted by Crippen LogP contribution is -2.54. The number of anilines is 1. The zero-order valence-electron chi connectivity index (χ0n) is 17.9. The Morgan fingerprint density at radius 2 is 1.43 bits per heavy atom. The monoisotopic (exact) mass is 441 g/mol. The predicted molar refractivity (Wildman–Crippen MR) is 111 cm³/mol. The summed E-state index contributed by atoms with van der Waals surface area (Å²) in [6.45, 7) is 6.49. The summed E-state index contributed by atoms with van der Waals surface area (Å²) in [5.41, 5.74) is 0.401. The van der Waals surface area contributed by atoms with Crippen molar-refractivity contribution in [3.8, 4) is 17.3 Å². The first-order chi connectivity index (χ1) is 14.3. The maximum absolute atomic E-state index is 12.9. The van der Waals surface area contributed by atoms with Crippen molar-refractivity contribution in [1.82, 2.24) is 0 Å². The van der Waals surface area contributed by atoms with Gasteiger partial charge in [-0.1, -0.05) is 0 Å². The van der Waals surface area contributed by atoms with Crippen LogP contribution in [-0.2, 0) is 32.7 Å². The van der Waals surface area contributed by atoms with E-state index in [4.69, 9.17) is 23.3 Å². The molecular weight excluding hydrogens is 413 g/mol. The Bertz CT molecular complexity index is 784. The van der Waals surface area contributed by atoms with E-state index in [1.807, 2.05) is 0 Å². The quantitative estimate of drug-likeness (QED) is 0.240. The van der Waals surface area contributed by atoms with Gasteiger partial charge in [0.2, 0.25) is 0 Å². The summed E-state index contributed by atoms with van der Waals surface area (Å²) in [5, 5.41) is 2.76. The van der Waals surface area contributed by atoms with Crippen LogP contribution in [0.25, 0.3) is 0 Å². The molecular formula is C20H28NO8P. The van der Waals surface area contributed by atoms with E-state index in [2.05, 4.69) is 16.9 Å². The zero-order chi connectivity index (χ0) is 22.6. The van der Waals surface area contributed by atoms with E-state index >= 15 is 0 Å². The minimum Gasteiger partial charge on any atom is -0.497 e. The van der Waals surface area contributed by atoms with Gasteiger partial charge in [0.05, 0.1) is 33.5 Å². The van der Waals surface area contributed by atoms with Gasteiger partial charge in [-0.15, -0.1) is 0 Å². The van der Waals surface area contributed by atoms with Crippen LogP contribution in [0.1, 0.15) is 27.7 Å². The van der Waals surface area contributed by atoms with E-state index in [9.17, 15) is 14.2 Å². The van der Waals surface area contributed by atoms with Crippen LogP contribution in [0.3, 0.4) is 0 Å². The predicted octanol–water partition coefficient (Wildman–Crippen LogP) is 3.20. The molecule has 0 radical (unpaired) electrons. The van der Waals surface area contributed by atoms with Gasteiger partial charge in [-0.25, -0.2) is 14.2 Å². The molecule has 0 atom stereocenters. The van der Waals surface area contributed by atoms with Crippen LogP contribution >= 0.6 is 7.60 Å². The van der Waals surface area contributed by atoms with Gasteiger partial charge in [-0.3, -0.25) is 9.05 Å². The molecule has 1 aromatic rings. The molecule has 0 saturated carbocycles. The molecule has 166 valence electrons. The first kappa shape index (κ1) is 25.5. The Balaban J connectivity index is 3.56.